The van der Waals surface area contributed by atoms with Crippen molar-refractivity contribution in [1.29, 1.82) is 0 Å². The van der Waals surface area contributed by atoms with E-state index in [1.807, 2.05) is 0 Å². The number of benzene rings is 2. The lowest BCUT2D eigenvalue weighted by atomic mass is 9.83. The van der Waals surface area contributed by atoms with Gasteiger partial charge >= 0.3 is 0 Å². The van der Waals surface area contributed by atoms with Crippen LogP contribution >= 0.6 is 0 Å². The number of halogens is 1. The van der Waals surface area contributed by atoms with Crippen LogP contribution in [0.15, 0.2) is 60.7 Å². The lowest BCUT2D eigenvalue weighted by Gasteiger charge is -2.42. The number of piperazine rings is 1. The second-order valence-electron chi connectivity index (χ2n) is 6.71. The number of nitrogens with zero attached hydrogens (tertiary/aromatic N) is 1. The van der Waals surface area contributed by atoms with Gasteiger partial charge in [-0.3, -0.25) is 4.90 Å². The quantitative estimate of drug-likeness (QED) is 0.936. The average Bonchev–Trinajstić information content (AvgIpc) is 2.98. The molecule has 2 fully saturated rings. The Hall–Kier alpha value is -1.71. The monoisotopic (exact) mass is 310 g/mol. The van der Waals surface area contributed by atoms with E-state index in [9.17, 15) is 4.39 Å². The minimum Gasteiger partial charge on any atom is -0.314 e. The SMILES string of the molecule is FC1C[C@H]2CNCC(C(c3ccccc3)c3ccccc3)N2C1. The van der Waals surface area contributed by atoms with E-state index in [0.29, 0.717) is 25.0 Å². The molecule has 23 heavy (non-hydrogen) atoms. The van der Waals surface area contributed by atoms with Crippen LogP contribution in [0, 0.1) is 0 Å². The van der Waals surface area contributed by atoms with Crippen molar-refractivity contribution < 1.29 is 4.39 Å². The molecule has 3 heteroatoms. The highest BCUT2D eigenvalue weighted by molar-refractivity contribution is 5.35. The molecule has 3 atom stereocenters. The molecule has 0 aromatic heterocycles. The molecule has 0 radical (unpaired) electrons. The normalized spacial score (nSPS) is 28.0. The molecule has 120 valence electrons. The molecule has 2 nitrogen and oxygen atoms in total. The summed E-state index contributed by atoms with van der Waals surface area (Å²) in [6.07, 6.45) is -0.0191. The fourth-order valence-electron chi connectivity index (χ4n) is 4.27. The summed E-state index contributed by atoms with van der Waals surface area (Å²) in [5.41, 5.74) is 2.63. The molecule has 2 unspecified atom stereocenters. The highest BCUT2D eigenvalue weighted by Crippen LogP contribution is 2.36. The zero-order chi connectivity index (χ0) is 15.6. The van der Waals surface area contributed by atoms with Crippen LogP contribution in [0.2, 0.25) is 0 Å². The van der Waals surface area contributed by atoms with Crippen molar-refractivity contribution in [2.45, 2.75) is 30.6 Å². The van der Waals surface area contributed by atoms with Gasteiger partial charge in [0.1, 0.15) is 6.17 Å². The van der Waals surface area contributed by atoms with Crippen LogP contribution in [0.25, 0.3) is 0 Å². The summed E-state index contributed by atoms with van der Waals surface area (Å²) in [6.45, 7) is 2.40. The number of fused-ring (bicyclic) bond motifs is 1. The van der Waals surface area contributed by atoms with Gasteiger partial charge in [0.15, 0.2) is 0 Å². The summed E-state index contributed by atoms with van der Waals surface area (Å²) in [6, 6.07) is 21.9. The lowest BCUT2D eigenvalue weighted by molar-refractivity contribution is 0.121. The minimum absolute atomic E-state index is 0.276. The summed E-state index contributed by atoms with van der Waals surface area (Å²) in [5, 5.41) is 3.54. The zero-order valence-corrected chi connectivity index (χ0v) is 13.2. The molecule has 2 saturated heterocycles. The predicted molar refractivity (Wildman–Crippen MR) is 91.4 cm³/mol. The standard InChI is InChI=1S/C20H23FN2/c21-17-11-18-12-22-13-19(23(18)14-17)20(15-7-3-1-4-8-15)16-9-5-2-6-10-16/h1-10,17-20,22H,11-14H2/t17?,18-,19?/m0/s1. The second kappa shape index (κ2) is 6.42. The number of rotatable bonds is 3. The first kappa shape index (κ1) is 14.9. The maximum absolute atomic E-state index is 14.0. The van der Waals surface area contributed by atoms with Crippen molar-refractivity contribution in [3.63, 3.8) is 0 Å². The van der Waals surface area contributed by atoms with Gasteiger partial charge in [0.05, 0.1) is 0 Å². The van der Waals surface area contributed by atoms with Gasteiger partial charge in [0.25, 0.3) is 0 Å². The van der Waals surface area contributed by atoms with E-state index in [4.69, 9.17) is 0 Å². The molecule has 1 N–H and O–H groups in total. The molecule has 0 spiro atoms. The van der Waals surface area contributed by atoms with Crippen LogP contribution in [-0.2, 0) is 0 Å². The van der Waals surface area contributed by atoms with Crippen LogP contribution < -0.4 is 5.32 Å². The summed E-state index contributed by atoms with van der Waals surface area (Å²) in [4.78, 5) is 2.41. The van der Waals surface area contributed by atoms with Crippen LogP contribution in [-0.4, -0.2) is 42.8 Å². The predicted octanol–water partition coefficient (Wildman–Crippen LogP) is 3.20. The lowest BCUT2D eigenvalue weighted by Crippen LogP contribution is -2.56. The Kier molecular flexibility index (Phi) is 4.15. The van der Waals surface area contributed by atoms with Gasteiger partial charge in [0, 0.05) is 37.6 Å². The third-order valence-electron chi connectivity index (χ3n) is 5.27. The molecule has 2 aliphatic rings. The molecule has 4 rings (SSSR count). The highest BCUT2D eigenvalue weighted by atomic mass is 19.1. The van der Waals surface area contributed by atoms with Crippen LogP contribution in [0.3, 0.4) is 0 Å². The van der Waals surface area contributed by atoms with E-state index in [2.05, 4.69) is 70.9 Å². The fourth-order valence-corrected chi connectivity index (χ4v) is 4.27. The molecule has 0 bridgehead atoms. The summed E-state index contributed by atoms with van der Waals surface area (Å²) >= 11 is 0. The number of hydrogen-bond donors (Lipinski definition) is 1. The van der Waals surface area contributed by atoms with Crippen LogP contribution in [0.4, 0.5) is 4.39 Å². The average molecular weight is 310 g/mol. The van der Waals surface area contributed by atoms with Crippen molar-refractivity contribution in [2.75, 3.05) is 19.6 Å². The maximum atomic E-state index is 14.0. The topological polar surface area (TPSA) is 15.3 Å². The Labute approximate surface area is 137 Å². The van der Waals surface area contributed by atoms with E-state index in [-0.39, 0.29) is 5.92 Å². The van der Waals surface area contributed by atoms with Gasteiger partial charge in [-0.25, -0.2) is 4.39 Å². The van der Waals surface area contributed by atoms with Crippen molar-refractivity contribution in [3.8, 4) is 0 Å². The highest BCUT2D eigenvalue weighted by Gasteiger charge is 2.42. The summed E-state index contributed by atoms with van der Waals surface area (Å²) in [7, 11) is 0. The Morgan fingerprint density at radius 3 is 2.13 bits per heavy atom. The van der Waals surface area contributed by atoms with E-state index in [0.717, 1.165) is 13.1 Å². The molecule has 0 aliphatic carbocycles. The van der Waals surface area contributed by atoms with Crippen molar-refractivity contribution in [3.05, 3.63) is 71.8 Å². The van der Waals surface area contributed by atoms with Gasteiger partial charge in [-0.05, 0) is 17.5 Å². The largest absolute Gasteiger partial charge is 0.314 e. The molecule has 2 heterocycles. The second-order valence-corrected chi connectivity index (χ2v) is 6.71. The number of alkyl halides is 1. The molecule has 2 aliphatic heterocycles. The molecular weight excluding hydrogens is 287 g/mol. The van der Waals surface area contributed by atoms with E-state index in [1.165, 1.54) is 11.1 Å². The van der Waals surface area contributed by atoms with Crippen molar-refractivity contribution in [1.82, 2.24) is 10.2 Å². The maximum Gasteiger partial charge on any atom is 0.114 e. The van der Waals surface area contributed by atoms with Gasteiger partial charge in [-0.1, -0.05) is 60.7 Å². The van der Waals surface area contributed by atoms with Gasteiger partial charge < -0.3 is 5.32 Å². The first-order valence-corrected chi connectivity index (χ1v) is 8.53. The van der Waals surface area contributed by atoms with Crippen molar-refractivity contribution in [2.24, 2.45) is 0 Å². The molecule has 0 saturated carbocycles. The molecule has 2 aromatic carbocycles. The third-order valence-corrected chi connectivity index (χ3v) is 5.27. The Balaban J connectivity index is 1.73. The van der Waals surface area contributed by atoms with Gasteiger partial charge in [-0.2, -0.15) is 0 Å². The van der Waals surface area contributed by atoms with E-state index < -0.39 is 6.17 Å². The molecular formula is C20H23FN2. The number of nitrogens with one attached hydrogen (secondary N) is 1. The van der Waals surface area contributed by atoms with Gasteiger partial charge in [-0.15, -0.1) is 0 Å². The first-order valence-electron chi connectivity index (χ1n) is 8.53. The summed E-state index contributed by atoms with van der Waals surface area (Å²) in [5.74, 6) is 0.276. The van der Waals surface area contributed by atoms with E-state index >= 15 is 0 Å². The fraction of sp³-hybridized carbons (Fsp3) is 0.400. The third kappa shape index (κ3) is 2.91. The summed E-state index contributed by atoms with van der Waals surface area (Å²) < 4.78 is 14.0. The van der Waals surface area contributed by atoms with E-state index in [1.54, 1.807) is 0 Å². The first-order chi connectivity index (χ1) is 11.3. The molecule has 2 aromatic rings. The zero-order valence-electron chi connectivity index (χ0n) is 13.2. The smallest absolute Gasteiger partial charge is 0.114 e. The van der Waals surface area contributed by atoms with Gasteiger partial charge in [0.2, 0.25) is 0 Å². The number of hydrogen-bond acceptors (Lipinski definition) is 2. The van der Waals surface area contributed by atoms with Crippen molar-refractivity contribution >= 4 is 0 Å². The Morgan fingerprint density at radius 2 is 1.52 bits per heavy atom. The minimum atomic E-state index is -0.686. The van der Waals surface area contributed by atoms with Crippen LogP contribution in [0.5, 0.6) is 0 Å². The van der Waals surface area contributed by atoms with Crippen LogP contribution in [0.1, 0.15) is 23.5 Å². The Bertz CT molecular complexity index is 591. The molecule has 0 amide bonds. The Morgan fingerprint density at radius 1 is 0.913 bits per heavy atom.